The van der Waals surface area contributed by atoms with Gasteiger partial charge in [-0.25, -0.2) is 4.79 Å². The number of amides is 2. The molecular formula is C16H27N3O6. The van der Waals surface area contributed by atoms with Gasteiger partial charge in [0.15, 0.2) is 0 Å². The Morgan fingerprint density at radius 2 is 1.92 bits per heavy atom. The van der Waals surface area contributed by atoms with E-state index < -0.39 is 41.9 Å². The number of carbonyl (C=O) groups excluding carboxylic acids is 2. The van der Waals surface area contributed by atoms with Gasteiger partial charge in [0.2, 0.25) is 11.8 Å². The molecule has 0 bridgehead atoms. The SMILES string of the molecule is CC[C@H](C)[C@H](N)C(=O)N[C@@H](CCC(=O)O)C(=O)N1CCC[C@H]1C(=O)O. The maximum Gasteiger partial charge on any atom is 0.326 e. The van der Waals surface area contributed by atoms with Gasteiger partial charge in [0.1, 0.15) is 12.1 Å². The molecule has 0 saturated carbocycles. The van der Waals surface area contributed by atoms with Gasteiger partial charge in [0, 0.05) is 13.0 Å². The summed E-state index contributed by atoms with van der Waals surface area (Å²) in [5, 5.41) is 20.6. The molecule has 0 aromatic rings. The summed E-state index contributed by atoms with van der Waals surface area (Å²) in [5.74, 6) is -3.42. The molecule has 1 heterocycles. The van der Waals surface area contributed by atoms with Crippen LogP contribution in [0.25, 0.3) is 0 Å². The largest absolute Gasteiger partial charge is 0.481 e. The van der Waals surface area contributed by atoms with Crippen LogP contribution in [0.15, 0.2) is 0 Å². The molecule has 0 unspecified atom stereocenters. The molecule has 0 spiro atoms. The number of likely N-dealkylation sites (tertiary alicyclic amines) is 1. The van der Waals surface area contributed by atoms with Gasteiger partial charge in [-0.15, -0.1) is 0 Å². The maximum atomic E-state index is 12.7. The van der Waals surface area contributed by atoms with Gasteiger partial charge < -0.3 is 26.2 Å². The van der Waals surface area contributed by atoms with Crippen LogP contribution in [-0.2, 0) is 19.2 Å². The van der Waals surface area contributed by atoms with Crippen molar-refractivity contribution >= 4 is 23.8 Å². The summed E-state index contributed by atoms with van der Waals surface area (Å²) >= 11 is 0. The normalized spacial score (nSPS) is 20.6. The molecule has 2 amide bonds. The predicted octanol–water partition coefficient (Wildman–Crippen LogP) is -0.215. The van der Waals surface area contributed by atoms with E-state index in [2.05, 4.69) is 5.32 Å². The molecule has 1 aliphatic rings. The highest BCUT2D eigenvalue weighted by Crippen LogP contribution is 2.20. The zero-order valence-corrected chi connectivity index (χ0v) is 14.6. The van der Waals surface area contributed by atoms with E-state index in [0.29, 0.717) is 19.3 Å². The van der Waals surface area contributed by atoms with Gasteiger partial charge in [0.05, 0.1) is 6.04 Å². The molecular weight excluding hydrogens is 330 g/mol. The van der Waals surface area contributed by atoms with Crippen molar-refractivity contribution in [2.45, 2.75) is 64.1 Å². The number of carbonyl (C=O) groups is 4. The Morgan fingerprint density at radius 1 is 1.28 bits per heavy atom. The van der Waals surface area contributed by atoms with Crippen LogP contribution in [0.2, 0.25) is 0 Å². The minimum absolute atomic E-state index is 0.103. The number of carboxylic acids is 2. The van der Waals surface area contributed by atoms with E-state index in [0.717, 1.165) is 0 Å². The van der Waals surface area contributed by atoms with Crippen molar-refractivity contribution in [2.75, 3.05) is 6.54 Å². The third kappa shape index (κ3) is 5.70. The number of hydrogen-bond donors (Lipinski definition) is 4. The highest BCUT2D eigenvalue weighted by molar-refractivity contribution is 5.92. The van der Waals surface area contributed by atoms with Gasteiger partial charge >= 0.3 is 11.9 Å². The van der Waals surface area contributed by atoms with Crippen molar-refractivity contribution in [1.82, 2.24) is 10.2 Å². The minimum atomic E-state index is -1.11. The number of carboxylic acid groups (broad SMARTS) is 2. The maximum absolute atomic E-state index is 12.7. The number of nitrogens with one attached hydrogen (secondary N) is 1. The zero-order chi connectivity index (χ0) is 19.1. The molecule has 1 saturated heterocycles. The third-order valence-electron chi connectivity index (χ3n) is 4.64. The lowest BCUT2D eigenvalue weighted by atomic mass is 9.98. The number of nitrogens with zero attached hydrogens (tertiary/aromatic N) is 1. The Kier molecular flexibility index (Phi) is 7.82. The molecule has 5 N–H and O–H groups in total. The van der Waals surface area contributed by atoms with E-state index in [1.807, 2.05) is 6.92 Å². The monoisotopic (exact) mass is 357 g/mol. The van der Waals surface area contributed by atoms with Crippen molar-refractivity contribution in [3.8, 4) is 0 Å². The first-order valence-corrected chi connectivity index (χ1v) is 8.50. The lowest BCUT2D eigenvalue weighted by Gasteiger charge is -2.28. The lowest BCUT2D eigenvalue weighted by molar-refractivity contribution is -0.150. The number of rotatable bonds is 9. The lowest BCUT2D eigenvalue weighted by Crippen LogP contribution is -2.55. The van der Waals surface area contributed by atoms with Crippen molar-refractivity contribution in [3.05, 3.63) is 0 Å². The van der Waals surface area contributed by atoms with Crippen LogP contribution in [0.4, 0.5) is 0 Å². The van der Waals surface area contributed by atoms with Crippen LogP contribution in [0.5, 0.6) is 0 Å². The highest BCUT2D eigenvalue weighted by Gasteiger charge is 2.38. The van der Waals surface area contributed by atoms with Crippen molar-refractivity contribution in [1.29, 1.82) is 0 Å². The fourth-order valence-electron chi connectivity index (χ4n) is 2.79. The second-order valence-electron chi connectivity index (χ2n) is 6.43. The topological polar surface area (TPSA) is 150 Å². The Balaban J connectivity index is 2.88. The summed E-state index contributed by atoms with van der Waals surface area (Å²) < 4.78 is 0. The average molecular weight is 357 g/mol. The van der Waals surface area contributed by atoms with Crippen LogP contribution >= 0.6 is 0 Å². The highest BCUT2D eigenvalue weighted by atomic mass is 16.4. The van der Waals surface area contributed by atoms with Crippen LogP contribution in [-0.4, -0.2) is 63.5 Å². The quantitative estimate of drug-likeness (QED) is 0.445. The van der Waals surface area contributed by atoms with Gasteiger partial charge in [-0.05, 0) is 25.2 Å². The summed E-state index contributed by atoms with van der Waals surface area (Å²) in [5.41, 5.74) is 5.86. The standard InChI is InChI=1S/C16H27N3O6/c1-3-9(2)13(17)14(22)18-10(6-7-12(20)21)15(23)19-8-4-5-11(19)16(24)25/h9-11,13H,3-8,17H2,1-2H3,(H,18,22)(H,20,21)(H,24,25)/t9-,10-,11-,13-/m0/s1. The molecule has 9 nitrogen and oxygen atoms in total. The Labute approximate surface area is 146 Å². The molecule has 1 fully saturated rings. The van der Waals surface area contributed by atoms with Gasteiger partial charge in [-0.1, -0.05) is 20.3 Å². The van der Waals surface area contributed by atoms with Crippen LogP contribution in [0, 0.1) is 5.92 Å². The molecule has 4 atom stereocenters. The minimum Gasteiger partial charge on any atom is -0.481 e. The van der Waals surface area contributed by atoms with Crippen LogP contribution < -0.4 is 11.1 Å². The number of hydrogen-bond acceptors (Lipinski definition) is 5. The molecule has 0 radical (unpaired) electrons. The molecule has 25 heavy (non-hydrogen) atoms. The Hall–Kier alpha value is -2.16. The summed E-state index contributed by atoms with van der Waals surface area (Å²) in [6.07, 6.45) is 1.13. The first kappa shape index (κ1) is 20.9. The summed E-state index contributed by atoms with van der Waals surface area (Å²) in [6, 6.07) is -2.86. The van der Waals surface area contributed by atoms with Gasteiger partial charge in [0.25, 0.3) is 0 Å². The fourth-order valence-corrected chi connectivity index (χ4v) is 2.79. The second-order valence-corrected chi connectivity index (χ2v) is 6.43. The zero-order valence-electron chi connectivity index (χ0n) is 14.6. The smallest absolute Gasteiger partial charge is 0.326 e. The van der Waals surface area contributed by atoms with Crippen LogP contribution in [0.1, 0.15) is 46.0 Å². The molecule has 1 rings (SSSR count). The summed E-state index contributed by atoms with van der Waals surface area (Å²) in [7, 11) is 0. The summed E-state index contributed by atoms with van der Waals surface area (Å²) in [4.78, 5) is 48.3. The summed E-state index contributed by atoms with van der Waals surface area (Å²) in [6.45, 7) is 3.96. The molecule has 0 aromatic carbocycles. The molecule has 0 aromatic heterocycles. The van der Waals surface area contributed by atoms with E-state index in [1.165, 1.54) is 4.90 Å². The predicted molar refractivity (Wildman–Crippen MR) is 88.6 cm³/mol. The number of aliphatic carboxylic acids is 2. The first-order chi connectivity index (χ1) is 11.7. The average Bonchev–Trinajstić information content (AvgIpc) is 3.05. The van der Waals surface area contributed by atoms with Crippen molar-refractivity contribution in [2.24, 2.45) is 11.7 Å². The molecule has 1 aliphatic heterocycles. The van der Waals surface area contributed by atoms with E-state index >= 15 is 0 Å². The molecule has 0 aliphatic carbocycles. The molecule has 142 valence electrons. The van der Waals surface area contributed by atoms with Gasteiger partial charge in [-0.2, -0.15) is 0 Å². The van der Waals surface area contributed by atoms with Crippen molar-refractivity contribution in [3.63, 3.8) is 0 Å². The van der Waals surface area contributed by atoms with E-state index in [9.17, 15) is 24.3 Å². The fraction of sp³-hybridized carbons (Fsp3) is 0.750. The third-order valence-corrected chi connectivity index (χ3v) is 4.64. The molecule has 9 heteroatoms. The van der Waals surface area contributed by atoms with Crippen molar-refractivity contribution < 1.29 is 29.4 Å². The first-order valence-electron chi connectivity index (χ1n) is 8.50. The van der Waals surface area contributed by atoms with E-state index in [-0.39, 0.29) is 25.3 Å². The Morgan fingerprint density at radius 3 is 2.44 bits per heavy atom. The van der Waals surface area contributed by atoms with Crippen LogP contribution in [0.3, 0.4) is 0 Å². The number of nitrogens with two attached hydrogens (primary N) is 1. The van der Waals surface area contributed by atoms with E-state index in [1.54, 1.807) is 6.92 Å². The van der Waals surface area contributed by atoms with E-state index in [4.69, 9.17) is 10.8 Å². The Bertz CT molecular complexity index is 524. The second kappa shape index (κ2) is 9.36. The van der Waals surface area contributed by atoms with Gasteiger partial charge in [-0.3, -0.25) is 14.4 Å².